The van der Waals surface area contributed by atoms with Crippen LogP contribution in [0, 0.1) is 23.4 Å². The molecule has 1 aliphatic carbocycles. The molecule has 0 spiro atoms. The van der Waals surface area contributed by atoms with Crippen molar-refractivity contribution in [1.82, 2.24) is 5.32 Å². The van der Waals surface area contributed by atoms with Crippen LogP contribution in [0.25, 0.3) is 0 Å². The second-order valence-electron chi connectivity index (χ2n) is 4.23. The zero-order valence-corrected chi connectivity index (χ0v) is 9.10. The standard InChI is InChI=1S/C12H12F3NO/c13-9-5-4-8(10(14)11(9)15)12(17)16-6-7-2-1-3-7/h4-5,7H,1-3,6H2,(H,16,17). The van der Waals surface area contributed by atoms with E-state index < -0.39 is 28.9 Å². The first-order chi connectivity index (χ1) is 8.09. The van der Waals surface area contributed by atoms with Gasteiger partial charge in [-0.1, -0.05) is 6.42 Å². The third kappa shape index (κ3) is 2.43. The number of hydrogen-bond acceptors (Lipinski definition) is 1. The molecule has 1 fully saturated rings. The van der Waals surface area contributed by atoms with Crippen LogP contribution in [0.15, 0.2) is 12.1 Å². The summed E-state index contributed by atoms with van der Waals surface area (Å²) in [6, 6.07) is 1.69. The fourth-order valence-electron chi connectivity index (χ4n) is 1.73. The minimum Gasteiger partial charge on any atom is -0.352 e. The van der Waals surface area contributed by atoms with Gasteiger partial charge in [-0.25, -0.2) is 13.2 Å². The van der Waals surface area contributed by atoms with E-state index in [1.165, 1.54) is 0 Å². The number of hydrogen-bond donors (Lipinski definition) is 1. The summed E-state index contributed by atoms with van der Waals surface area (Å²) >= 11 is 0. The predicted molar refractivity (Wildman–Crippen MR) is 56.0 cm³/mol. The number of amides is 1. The van der Waals surface area contributed by atoms with E-state index in [1.807, 2.05) is 0 Å². The summed E-state index contributed by atoms with van der Waals surface area (Å²) in [7, 11) is 0. The van der Waals surface area contributed by atoms with Crippen LogP contribution in [0.5, 0.6) is 0 Å². The Balaban J connectivity index is 2.05. The quantitative estimate of drug-likeness (QED) is 0.812. The van der Waals surface area contributed by atoms with E-state index in [0.29, 0.717) is 12.5 Å². The van der Waals surface area contributed by atoms with E-state index in [0.717, 1.165) is 31.4 Å². The topological polar surface area (TPSA) is 29.1 Å². The Kier molecular flexibility index (Phi) is 3.36. The van der Waals surface area contributed by atoms with Gasteiger partial charge in [0.1, 0.15) is 0 Å². The molecule has 0 heterocycles. The van der Waals surface area contributed by atoms with Gasteiger partial charge in [0.15, 0.2) is 17.5 Å². The summed E-state index contributed by atoms with van der Waals surface area (Å²) < 4.78 is 38.8. The smallest absolute Gasteiger partial charge is 0.254 e. The molecule has 92 valence electrons. The summed E-state index contributed by atoms with van der Waals surface area (Å²) in [6.45, 7) is 0.456. The van der Waals surface area contributed by atoms with Crippen LogP contribution >= 0.6 is 0 Å². The summed E-state index contributed by atoms with van der Waals surface area (Å²) in [5.41, 5.74) is -0.455. The minimum absolute atomic E-state index is 0.423. The molecule has 2 rings (SSSR count). The molecular weight excluding hydrogens is 231 g/mol. The lowest BCUT2D eigenvalue weighted by molar-refractivity contribution is 0.0933. The van der Waals surface area contributed by atoms with Gasteiger partial charge in [0.2, 0.25) is 0 Å². The van der Waals surface area contributed by atoms with Gasteiger partial charge in [0.25, 0.3) is 5.91 Å². The molecule has 17 heavy (non-hydrogen) atoms. The molecule has 0 aliphatic heterocycles. The number of carbonyl (C=O) groups excluding carboxylic acids is 1. The average molecular weight is 243 g/mol. The Morgan fingerprint density at radius 1 is 1.24 bits per heavy atom. The van der Waals surface area contributed by atoms with E-state index in [1.54, 1.807) is 0 Å². The van der Waals surface area contributed by atoms with Gasteiger partial charge in [-0.15, -0.1) is 0 Å². The van der Waals surface area contributed by atoms with E-state index in [-0.39, 0.29) is 0 Å². The van der Waals surface area contributed by atoms with Crippen LogP contribution in [0.2, 0.25) is 0 Å². The molecule has 1 aromatic rings. The van der Waals surface area contributed by atoms with Crippen LogP contribution in [0.1, 0.15) is 29.6 Å². The Morgan fingerprint density at radius 2 is 1.94 bits per heavy atom. The van der Waals surface area contributed by atoms with E-state index in [2.05, 4.69) is 5.32 Å². The lowest BCUT2D eigenvalue weighted by Crippen LogP contribution is -2.32. The highest BCUT2D eigenvalue weighted by molar-refractivity contribution is 5.94. The van der Waals surface area contributed by atoms with Crippen molar-refractivity contribution in [2.75, 3.05) is 6.54 Å². The third-order valence-corrected chi connectivity index (χ3v) is 3.06. The molecular formula is C12H12F3NO. The first kappa shape index (κ1) is 12.0. The van der Waals surface area contributed by atoms with Gasteiger partial charge in [-0.05, 0) is 30.9 Å². The van der Waals surface area contributed by atoms with E-state index in [4.69, 9.17) is 0 Å². The van der Waals surface area contributed by atoms with Crippen molar-refractivity contribution < 1.29 is 18.0 Å². The fourth-order valence-corrected chi connectivity index (χ4v) is 1.73. The third-order valence-electron chi connectivity index (χ3n) is 3.06. The average Bonchev–Trinajstić information content (AvgIpc) is 2.24. The second-order valence-corrected chi connectivity index (χ2v) is 4.23. The first-order valence-corrected chi connectivity index (χ1v) is 5.51. The van der Waals surface area contributed by atoms with Crippen molar-refractivity contribution in [3.05, 3.63) is 35.1 Å². The number of rotatable bonds is 3. The molecule has 2 nitrogen and oxygen atoms in total. The molecule has 1 saturated carbocycles. The lowest BCUT2D eigenvalue weighted by Gasteiger charge is -2.25. The van der Waals surface area contributed by atoms with Gasteiger partial charge in [0.05, 0.1) is 5.56 Å². The van der Waals surface area contributed by atoms with Gasteiger partial charge >= 0.3 is 0 Å². The summed E-state index contributed by atoms with van der Waals surface area (Å²) in [5.74, 6) is -4.61. The van der Waals surface area contributed by atoms with Crippen LogP contribution in [0.4, 0.5) is 13.2 Å². The van der Waals surface area contributed by atoms with Crippen molar-refractivity contribution >= 4 is 5.91 Å². The Morgan fingerprint density at radius 3 is 2.53 bits per heavy atom. The molecule has 1 amide bonds. The molecule has 0 saturated heterocycles. The Hall–Kier alpha value is -1.52. The largest absolute Gasteiger partial charge is 0.352 e. The SMILES string of the molecule is O=C(NCC1CCC1)c1ccc(F)c(F)c1F. The molecule has 0 atom stereocenters. The maximum atomic E-state index is 13.3. The summed E-state index contributed by atoms with van der Waals surface area (Å²) in [5, 5.41) is 2.52. The zero-order valence-electron chi connectivity index (χ0n) is 9.10. The van der Waals surface area contributed by atoms with Gasteiger partial charge < -0.3 is 5.32 Å². The van der Waals surface area contributed by atoms with Gasteiger partial charge in [0, 0.05) is 6.54 Å². The highest BCUT2D eigenvalue weighted by Crippen LogP contribution is 2.25. The Labute approximate surface area is 96.8 Å². The minimum atomic E-state index is -1.61. The van der Waals surface area contributed by atoms with E-state index >= 15 is 0 Å². The highest BCUT2D eigenvalue weighted by Gasteiger charge is 2.21. The number of nitrogens with one attached hydrogen (secondary N) is 1. The monoisotopic (exact) mass is 243 g/mol. The van der Waals surface area contributed by atoms with Crippen molar-refractivity contribution in [3.63, 3.8) is 0 Å². The lowest BCUT2D eigenvalue weighted by atomic mass is 9.85. The van der Waals surface area contributed by atoms with Gasteiger partial charge in [-0.2, -0.15) is 0 Å². The molecule has 5 heteroatoms. The fraction of sp³-hybridized carbons (Fsp3) is 0.417. The molecule has 1 N–H and O–H groups in total. The molecule has 0 bridgehead atoms. The van der Waals surface area contributed by atoms with Crippen molar-refractivity contribution in [2.24, 2.45) is 5.92 Å². The molecule has 1 aliphatic rings. The molecule has 0 radical (unpaired) electrons. The second kappa shape index (κ2) is 4.77. The van der Waals surface area contributed by atoms with Crippen LogP contribution in [-0.2, 0) is 0 Å². The van der Waals surface area contributed by atoms with Crippen LogP contribution in [0.3, 0.4) is 0 Å². The maximum absolute atomic E-state index is 13.3. The Bertz CT molecular complexity index is 444. The van der Waals surface area contributed by atoms with Gasteiger partial charge in [-0.3, -0.25) is 4.79 Å². The summed E-state index contributed by atoms with van der Waals surface area (Å²) in [4.78, 5) is 11.5. The summed E-state index contributed by atoms with van der Waals surface area (Å²) in [6.07, 6.45) is 3.22. The predicted octanol–water partition coefficient (Wildman–Crippen LogP) is 2.63. The number of benzene rings is 1. The van der Waals surface area contributed by atoms with Crippen molar-refractivity contribution in [3.8, 4) is 0 Å². The zero-order chi connectivity index (χ0) is 12.4. The molecule has 1 aromatic carbocycles. The van der Waals surface area contributed by atoms with Crippen LogP contribution in [-0.4, -0.2) is 12.5 Å². The number of carbonyl (C=O) groups is 1. The normalized spacial score (nSPS) is 15.5. The number of halogens is 3. The molecule has 0 unspecified atom stereocenters. The maximum Gasteiger partial charge on any atom is 0.254 e. The molecule has 0 aromatic heterocycles. The van der Waals surface area contributed by atoms with Crippen LogP contribution < -0.4 is 5.32 Å². The first-order valence-electron chi connectivity index (χ1n) is 5.51. The van der Waals surface area contributed by atoms with Crippen molar-refractivity contribution in [2.45, 2.75) is 19.3 Å². The van der Waals surface area contributed by atoms with E-state index in [9.17, 15) is 18.0 Å². The van der Waals surface area contributed by atoms with Crippen molar-refractivity contribution in [1.29, 1.82) is 0 Å². The highest BCUT2D eigenvalue weighted by atomic mass is 19.2.